The molecule has 1 aromatic carbocycles. The van der Waals surface area contributed by atoms with Crippen LogP contribution in [0.2, 0.25) is 0 Å². The Bertz CT molecular complexity index is 730. The molecule has 0 bridgehead atoms. The van der Waals surface area contributed by atoms with Crippen LogP contribution in [0.25, 0.3) is 0 Å². The van der Waals surface area contributed by atoms with Gasteiger partial charge in [-0.1, -0.05) is 6.07 Å². The van der Waals surface area contributed by atoms with Crippen molar-refractivity contribution in [2.45, 2.75) is 20.3 Å². The fourth-order valence-corrected chi connectivity index (χ4v) is 3.64. The number of rotatable bonds is 5. The summed E-state index contributed by atoms with van der Waals surface area (Å²) in [6.45, 7) is 4.47. The van der Waals surface area contributed by atoms with Crippen LogP contribution in [0, 0.1) is 12.8 Å². The van der Waals surface area contributed by atoms with Gasteiger partial charge in [0, 0.05) is 36.7 Å². The number of nitrogens with zero attached hydrogens (tertiary/aromatic N) is 1. The highest BCUT2D eigenvalue weighted by Gasteiger charge is 2.33. The summed E-state index contributed by atoms with van der Waals surface area (Å²) in [6, 6.07) is 5.14. The Morgan fingerprint density at radius 1 is 1.43 bits per heavy atom. The van der Waals surface area contributed by atoms with Crippen LogP contribution in [0.15, 0.2) is 18.2 Å². The molecule has 1 heterocycles. The SMILES string of the molecule is CCNC(=O)c1ccc(C)c(N2CC(CS(N)(=O)=O)CC2=O)c1. The van der Waals surface area contributed by atoms with E-state index in [1.54, 1.807) is 18.2 Å². The topological polar surface area (TPSA) is 110 Å². The van der Waals surface area contributed by atoms with Crippen molar-refractivity contribution in [2.75, 3.05) is 23.7 Å². The van der Waals surface area contributed by atoms with Gasteiger partial charge in [-0.2, -0.15) is 0 Å². The fourth-order valence-electron chi connectivity index (χ4n) is 2.76. The zero-order valence-electron chi connectivity index (χ0n) is 13.2. The van der Waals surface area contributed by atoms with Crippen molar-refractivity contribution in [3.8, 4) is 0 Å². The van der Waals surface area contributed by atoms with Gasteiger partial charge in [0.2, 0.25) is 15.9 Å². The molecule has 0 spiro atoms. The molecule has 1 aromatic rings. The van der Waals surface area contributed by atoms with E-state index in [1.807, 2.05) is 13.8 Å². The molecule has 8 heteroatoms. The van der Waals surface area contributed by atoms with E-state index in [0.717, 1.165) is 5.56 Å². The van der Waals surface area contributed by atoms with Crippen molar-refractivity contribution in [3.63, 3.8) is 0 Å². The largest absolute Gasteiger partial charge is 0.352 e. The summed E-state index contributed by atoms with van der Waals surface area (Å²) in [7, 11) is -3.62. The second-order valence-electron chi connectivity index (χ2n) is 5.76. The van der Waals surface area contributed by atoms with Gasteiger partial charge in [-0.25, -0.2) is 13.6 Å². The molecule has 0 saturated carbocycles. The summed E-state index contributed by atoms with van der Waals surface area (Å²) >= 11 is 0. The molecule has 126 valence electrons. The summed E-state index contributed by atoms with van der Waals surface area (Å²) in [6.07, 6.45) is 0.140. The maximum Gasteiger partial charge on any atom is 0.251 e. The minimum Gasteiger partial charge on any atom is -0.352 e. The molecule has 1 atom stereocenters. The smallest absolute Gasteiger partial charge is 0.251 e. The van der Waals surface area contributed by atoms with Crippen LogP contribution in [0.4, 0.5) is 5.69 Å². The molecular formula is C15H21N3O4S. The first-order chi connectivity index (χ1) is 10.7. The predicted octanol–water partition coefficient (Wildman–Crippen LogP) is 0.386. The van der Waals surface area contributed by atoms with Gasteiger partial charge in [0.1, 0.15) is 0 Å². The third kappa shape index (κ3) is 4.29. The van der Waals surface area contributed by atoms with Crippen LogP contribution in [-0.4, -0.2) is 39.1 Å². The lowest BCUT2D eigenvalue weighted by Gasteiger charge is -2.20. The van der Waals surface area contributed by atoms with Crippen molar-refractivity contribution in [2.24, 2.45) is 11.1 Å². The molecule has 0 radical (unpaired) electrons. The molecule has 7 nitrogen and oxygen atoms in total. The number of benzene rings is 1. The molecule has 0 aliphatic carbocycles. The molecule has 1 aliphatic heterocycles. The Kier molecular flexibility index (Phi) is 5.06. The van der Waals surface area contributed by atoms with Gasteiger partial charge >= 0.3 is 0 Å². The average molecular weight is 339 g/mol. The molecule has 3 N–H and O–H groups in total. The number of carbonyl (C=O) groups excluding carboxylic acids is 2. The van der Waals surface area contributed by atoms with E-state index in [2.05, 4.69) is 5.32 Å². The summed E-state index contributed by atoms with van der Waals surface area (Å²) in [4.78, 5) is 25.7. The van der Waals surface area contributed by atoms with Crippen LogP contribution < -0.4 is 15.4 Å². The fraction of sp³-hybridized carbons (Fsp3) is 0.467. The van der Waals surface area contributed by atoms with Gasteiger partial charge in [0.05, 0.1) is 5.75 Å². The van der Waals surface area contributed by atoms with E-state index in [9.17, 15) is 18.0 Å². The molecule has 1 saturated heterocycles. The minimum absolute atomic E-state index is 0.140. The number of primary sulfonamides is 1. The molecule has 23 heavy (non-hydrogen) atoms. The van der Waals surface area contributed by atoms with E-state index in [4.69, 9.17) is 5.14 Å². The predicted molar refractivity (Wildman–Crippen MR) is 87.6 cm³/mol. The molecule has 2 rings (SSSR count). The minimum atomic E-state index is -3.62. The lowest BCUT2D eigenvalue weighted by molar-refractivity contribution is -0.117. The van der Waals surface area contributed by atoms with Gasteiger partial charge in [-0.15, -0.1) is 0 Å². The molecule has 1 aliphatic rings. The number of carbonyl (C=O) groups is 2. The second-order valence-corrected chi connectivity index (χ2v) is 7.42. The molecule has 0 aromatic heterocycles. The maximum atomic E-state index is 12.2. The number of hydrogen-bond donors (Lipinski definition) is 2. The van der Waals surface area contributed by atoms with Gasteiger partial charge in [0.25, 0.3) is 5.91 Å². The van der Waals surface area contributed by atoms with E-state index < -0.39 is 10.0 Å². The Hall–Kier alpha value is -1.93. The lowest BCUT2D eigenvalue weighted by Crippen LogP contribution is -2.28. The zero-order valence-corrected chi connectivity index (χ0v) is 14.0. The van der Waals surface area contributed by atoms with E-state index in [1.165, 1.54) is 4.90 Å². The normalized spacial score (nSPS) is 18.3. The first kappa shape index (κ1) is 17.4. The number of sulfonamides is 1. The van der Waals surface area contributed by atoms with Crippen LogP contribution in [0.5, 0.6) is 0 Å². The number of aryl methyl sites for hydroxylation is 1. The van der Waals surface area contributed by atoms with Crippen molar-refractivity contribution >= 4 is 27.5 Å². The molecular weight excluding hydrogens is 318 g/mol. The lowest BCUT2D eigenvalue weighted by atomic mass is 10.1. The van der Waals surface area contributed by atoms with Crippen LogP contribution >= 0.6 is 0 Å². The maximum absolute atomic E-state index is 12.2. The highest BCUT2D eigenvalue weighted by molar-refractivity contribution is 7.89. The number of nitrogens with two attached hydrogens (primary N) is 1. The Labute approximate surface area is 135 Å². The highest BCUT2D eigenvalue weighted by atomic mass is 32.2. The highest BCUT2D eigenvalue weighted by Crippen LogP contribution is 2.29. The van der Waals surface area contributed by atoms with Crippen molar-refractivity contribution < 1.29 is 18.0 Å². The van der Waals surface area contributed by atoms with E-state index in [0.29, 0.717) is 17.8 Å². The molecule has 1 fully saturated rings. The van der Waals surface area contributed by atoms with Crippen molar-refractivity contribution in [3.05, 3.63) is 29.3 Å². The number of anilines is 1. The Morgan fingerprint density at radius 2 is 2.13 bits per heavy atom. The third-order valence-corrected chi connectivity index (χ3v) is 4.71. The Morgan fingerprint density at radius 3 is 2.74 bits per heavy atom. The number of hydrogen-bond acceptors (Lipinski definition) is 4. The number of amides is 2. The van der Waals surface area contributed by atoms with Crippen LogP contribution in [-0.2, 0) is 14.8 Å². The van der Waals surface area contributed by atoms with Gasteiger partial charge in [0.15, 0.2) is 0 Å². The van der Waals surface area contributed by atoms with E-state index in [-0.39, 0.29) is 36.5 Å². The average Bonchev–Trinajstić information content (AvgIpc) is 2.77. The third-order valence-electron chi connectivity index (χ3n) is 3.77. The summed E-state index contributed by atoms with van der Waals surface area (Å²) in [5.74, 6) is -0.911. The van der Waals surface area contributed by atoms with Crippen molar-refractivity contribution in [1.29, 1.82) is 0 Å². The summed E-state index contributed by atoms with van der Waals surface area (Å²) < 4.78 is 22.4. The Balaban J connectivity index is 2.26. The first-order valence-electron chi connectivity index (χ1n) is 7.41. The molecule has 2 amide bonds. The van der Waals surface area contributed by atoms with Gasteiger partial charge < -0.3 is 10.2 Å². The standard InChI is InChI=1S/C15H21N3O4S/c1-3-17-15(20)12-5-4-10(2)13(7-12)18-8-11(6-14(18)19)9-23(16,21)22/h4-5,7,11H,3,6,8-9H2,1-2H3,(H,17,20)(H2,16,21,22). The summed E-state index contributed by atoms with van der Waals surface area (Å²) in [5.41, 5.74) is 1.95. The van der Waals surface area contributed by atoms with Crippen LogP contribution in [0.3, 0.4) is 0 Å². The summed E-state index contributed by atoms with van der Waals surface area (Å²) in [5, 5.41) is 7.77. The first-order valence-corrected chi connectivity index (χ1v) is 9.12. The van der Waals surface area contributed by atoms with Gasteiger partial charge in [-0.3, -0.25) is 9.59 Å². The molecule has 1 unspecified atom stereocenters. The monoisotopic (exact) mass is 339 g/mol. The second kappa shape index (κ2) is 6.67. The van der Waals surface area contributed by atoms with E-state index >= 15 is 0 Å². The number of nitrogens with one attached hydrogen (secondary N) is 1. The van der Waals surface area contributed by atoms with Gasteiger partial charge in [-0.05, 0) is 31.5 Å². The zero-order chi connectivity index (χ0) is 17.2. The quantitative estimate of drug-likeness (QED) is 0.808. The van der Waals surface area contributed by atoms with Crippen LogP contribution in [0.1, 0.15) is 29.3 Å². The van der Waals surface area contributed by atoms with Crippen molar-refractivity contribution in [1.82, 2.24) is 5.32 Å².